The summed E-state index contributed by atoms with van der Waals surface area (Å²) in [7, 11) is -3.85. The van der Waals surface area contributed by atoms with E-state index in [0.717, 1.165) is 16.1 Å². The minimum Gasteiger partial charge on any atom is -0.350 e. The van der Waals surface area contributed by atoms with Crippen LogP contribution in [0.25, 0.3) is 0 Å². The molecule has 9 heteroatoms. The van der Waals surface area contributed by atoms with Crippen molar-refractivity contribution in [1.29, 1.82) is 0 Å². The number of para-hydroxylation sites is 1. The Bertz CT molecular complexity index is 1340. The normalized spacial score (nSPS) is 12.4. The van der Waals surface area contributed by atoms with Gasteiger partial charge >= 0.3 is 0 Å². The van der Waals surface area contributed by atoms with E-state index >= 15 is 0 Å². The van der Waals surface area contributed by atoms with Crippen LogP contribution in [0.2, 0.25) is 0 Å². The molecule has 0 aliphatic carbocycles. The highest BCUT2D eigenvalue weighted by molar-refractivity contribution is 7.92. The topological polar surface area (TPSA) is 86.8 Å². The monoisotopic (exact) mass is 539 g/mol. The summed E-state index contributed by atoms with van der Waals surface area (Å²) >= 11 is 0. The fourth-order valence-corrected chi connectivity index (χ4v) is 4.87. The fraction of sp³-hybridized carbons (Fsp3) is 0.310. The zero-order valence-electron chi connectivity index (χ0n) is 22.1. The fourth-order valence-electron chi connectivity index (χ4n) is 4.02. The van der Waals surface area contributed by atoms with Gasteiger partial charge in [0.05, 0.1) is 11.9 Å². The molecule has 0 spiro atoms. The Labute approximate surface area is 224 Å². The molecule has 0 saturated heterocycles. The third-order valence-corrected chi connectivity index (χ3v) is 6.93. The van der Waals surface area contributed by atoms with Crippen LogP contribution in [0, 0.1) is 5.82 Å². The van der Waals surface area contributed by atoms with E-state index in [1.165, 1.54) is 11.0 Å². The molecule has 0 bridgehead atoms. The first-order valence-corrected chi connectivity index (χ1v) is 14.1. The van der Waals surface area contributed by atoms with Crippen LogP contribution in [-0.4, -0.2) is 49.5 Å². The number of carbonyl (C=O) groups excluding carboxylic acids is 2. The van der Waals surface area contributed by atoms with Gasteiger partial charge in [-0.15, -0.1) is 0 Å². The van der Waals surface area contributed by atoms with Crippen LogP contribution in [-0.2, 0) is 32.6 Å². The Morgan fingerprint density at radius 2 is 1.45 bits per heavy atom. The maximum Gasteiger partial charge on any atom is 0.244 e. The molecule has 0 unspecified atom stereocenters. The third kappa shape index (κ3) is 8.14. The molecule has 0 aliphatic rings. The van der Waals surface area contributed by atoms with E-state index < -0.39 is 45.8 Å². The molecule has 0 fully saturated rings. The number of hydrogen-bond donors (Lipinski definition) is 1. The van der Waals surface area contributed by atoms with Crippen molar-refractivity contribution in [2.24, 2.45) is 0 Å². The van der Waals surface area contributed by atoms with Crippen molar-refractivity contribution < 1.29 is 22.4 Å². The number of amides is 2. The van der Waals surface area contributed by atoms with Crippen molar-refractivity contribution in [1.82, 2.24) is 10.2 Å². The van der Waals surface area contributed by atoms with Gasteiger partial charge in [-0.2, -0.15) is 0 Å². The molecule has 0 radical (unpaired) electrons. The minimum atomic E-state index is -3.85. The number of rotatable bonds is 10. The molecule has 1 atom stereocenters. The molecule has 0 aromatic heterocycles. The van der Waals surface area contributed by atoms with Gasteiger partial charge in [-0.3, -0.25) is 13.9 Å². The highest BCUT2D eigenvalue weighted by Crippen LogP contribution is 2.21. The minimum absolute atomic E-state index is 0.160. The molecule has 3 aromatic rings. The lowest BCUT2D eigenvalue weighted by Crippen LogP contribution is -2.56. The van der Waals surface area contributed by atoms with Crippen molar-refractivity contribution in [2.45, 2.75) is 45.3 Å². The Kier molecular flexibility index (Phi) is 9.27. The van der Waals surface area contributed by atoms with Gasteiger partial charge in [0.15, 0.2) is 0 Å². The molecule has 0 heterocycles. The molecule has 38 heavy (non-hydrogen) atoms. The lowest BCUT2D eigenvalue weighted by Gasteiger charge is -2.35. The van der Waals surface area contributed by atoms with E-state index in [9.17, 15) is 22.4 Å². The average molecular weight is 540 g/mol. The summed E-state index contributed by atoms with van der Waals surface area (Å²) < 4.78 is 41.1. The lowest BCUT2D eigenvalue weighted by atomic mass is 10.0. The predicted octanol–water partition coefficient (Wildman–Crippen LogP) is 4.15. The largest absolute Gasteiger partial charge is 0.350 e. The van der Waals surface area contributed by atoms with Crippen molar-refractivity contribution in [2.75, 3.05) is 17.1 Å². The molecule has 7 nitrogen and oxygen atoms in total. The Hall–Kier alpha value is -3.72. The van der Waals surface area contributed by atoms with Crippen LogP contribution in [0.5, 0.6) is 0 Å². The van der Waals surface area contributed by atoms with Gasteiger partial charge in [-0.05, 0) is 44.5 Å². The molecule has 0 aliphatic heterocycles. The van der Waals surface area contributed by atoms with Crippen LogP contribution in [0.3, 0.4) is 0 Å². The molecular weight excluding hydrogens is 505 g/mol. The summed E-state index contributed by atoms with van der Waals surface area (Å²) in [6.07, 6.45) is 1.18. The standard InChI is InChI=1S/C29H34FN3O4S/c1-29(2,3)31-28(35)26(19-22-13-7-5-8-14-22)32(20-23-15-11-12-18-25(23)30)27(34)21-33(38(4,36)37)24-16-9-6-10-17-24/h5-18,26H,19-21H2,1-4H3,(H,31,35)/t26-/m1/s1. The van der Waals surface area contributed by atoms with E-state index in [1.807, 2.05) is 51.1 Å². The van der Waals surface area contributed by atoms with Crippen LogP contribution >= 0.6 is 0 Å². The lowest BCUT2D eigenvalue weighted by molar-refractivity contribution is -0.140. The summed E-state index contributed by atoms with van der Waals surface area (Å²) in [5, 5.41) is 2.93. The van der Waals surface area contributed by atoms with Crippen LogP contribution in [0.1, 0.15) is 31.9 Å². The van der Waals surface area contributed by atoms with Gasteiger partial charge in [0.1, 0.15) is 18.4 Å². The van der Waals surface area contributed by atoms with Crippen molar-refractivity contribution in [3.05, 3.63) is 102 Å². The van der Waals surface area contributed by atoms with E-state index in [2.05, 4.69) is 5.32 Å². The number of nitrogens with one attached hydrogen (secondary N) is 1. The highest BCUT2D eigenvalue weighted by atomic mass is 32.2. The zero-order chi connectivity index (χ0) is 27.9. The highest BCUT2D eigenvalue weighted by Gasteiger charge is 2.34. The quantitative estimate of drug-likeness (QED) is 0.420. The second-order valence-electron chi connectivity index (χ2n) is 10.2. The molecule has 3 rings (SSSR count). The van der Waals surface area contributed by atoms with Gasteiger partial charge in [0, 0.05) is 24.1 Å². The van der Waals surface area contributed by atoms with Crippen molar-refractivity contribution in [3.8, 4) is 0 Å². The Morgan fingerprint density at radius 3 is 2.00 bits per heavy atom. The van der Waals surface area contributed by atoms with Gasteiger partial charge < -0.3 is 10.2 Å². The number of nitrogens with zero attached hydrogens (tertiary/aromatic N) is 2. The first-order valence-electron chi connectivity index (χ1n) is 12.3. The van der Waals surface area contributed by atoms with Crippen molar-refractivity contribution in [3.63, 3.8) is 0 Å². The Morgan fingerprint density at radius 1 is 0.895 bits per heavy atom. The maximum absolute atomic E-state index is 14.7. The smallest absolute Gasteiger partial charge is 0.244 e. The van der Waals surface area contributed by atoms with Gasteiger partial charge in [0.25, 0.3) is 0 Å². The van der Waals surface area contributed by atoms with Gasteiger partial charge in [0.2, 0.25) is 21.8 Å². The van der Waals surface area contributed by atoms with Gasteiger partial charge in [-0.1, -0.05) is 66.7 Å². The summed E-state index contributed by atoms with van der Waals surface area (Å²) in [6.45, 7) is 4.72. The second-order valence-corrected chi connectivity index (χ2v) is 12.1. The number of carbonyl (C=O) groups is 2. The number of anilines is 1. The van der Waals surface area contributed by atoms with E-state index in [1.54, 1.807) is 48.5 Å². The second kappa shape index (κ2) is 12.2. The molecule has 202 valence electrons. The number of hydrogen-bond acceptors (Lipinski definition) is 4. The Balaban J connectivity index is 2.07. The van der Waals surface area contributed by atoms with E-state index in [0.29, 0.717) is 5.69 Å². The molecule has 0 saturated carbocycles. The maximum atomic E-state index is 14.7. The van der Waals surface area contributed by atoms with Crippen molar-refractivity contribution >= 4 is 27.5 Å². The van der Waals surface area contributed by atoms with Crippen LogP contribution < -0.4 is 9.62 Å². The number of sulfonamides is 1. The zero-order valence-corrected chi connectivity index (χ0v) is 22.9. The molecule has 1 N–H and O–H groups in total. The molecular formula is C29H34FN3O4S. The van der Waals surface area contributed by atoms with Crippen LogP contribution in [0.4, 0.5) is 10.1 Å². The molecule has 2 amide bonds. The first kappa shape index (κ1) is 28.8. The van der Waals surface area contributed by atoms with Gasteiger partial charge in [-0.25, -0.2) is 12.8 Å². The molecule has 3 aromatic carbocycles. The number of halogens is 1. The third-order valence-electron chi connectivity index (χ3n) is 5.79. The number of benzene rings is 3. The predicted molar refractivity (Wildman–Crippen MR) is 147 cm³/mol. The summed E-state index contributed by atoms with van der Waals surface area (Å²) in [4.78, 5) is 28.8. The van der Waals surface area contributed by atoms with Crippen LogP contribution in [0.15, 0.2) is 84.9 Å². The SMILES string of the molecule is CC(C)(C)NC(=O)[C@@H](Cc1ccccc1)N(Cc1ccccc1F)C(=O)CN(c1ccccc1)S(C)(=O)=O. The summed E-state index contributed by atoms with van der Waals surface area (Å²) in [5.74, 6) is -1.58. The summed E-state index contributed by atoms with van der Waals surface area (Å²) in [6, 6.07) is 22.4. The first-order chi connectivity index (χ1) is 17.8. The van der Waals surface area contributed by atoms with E-state index in [-0.39, 0.29) is 18.5 Å². The average Bonchev–Trinajstić information content (AvgIpc) is 2.85. The summed E-state index contributed by atoms with van der Waals surface area (Å²) in [5.41, 5.74) is 0.735. The van der Waals surface area contributed by atoms with E-state index in [4.69, 9.17) is 0 Å².